The van der Waals surface area contributed by atoms with Crippen molar-refractivity contribution in [2.75, 3.05) is 0 Å². The zero-order valence-electron chi connectivity index (χ0n) is 11.0. The van der Waals surface area contributed by atoms with Gasteiger partial charge in [-0.1, -0.05) is 0 Å². The van der Waals surface area contributed by atoms with Gasteiger partial charge in [-0.15, -0.1) is 0 Å². The Bertz CT molecular complexity index is 923. The Balaban J connectivity index is 2.31. The van der Waals surface area contributed by atoms with Gasteiger partial charge in [0.25, 0.3) is 0 Å². The summed E-state index contributed by atoms with van der Waals surface area (Å²) in [5.41, 5.74) is 1.52. The van der Waals surface area contributed by atoms with Gasteiger partial charge in [0.15, 0.2) is 0 Å². The van der Waals surface area contributed by atoms with Crippen LogP contribution in [-0.4, -0.2) is 29.5 Å². The van der Waals surface area contributed by atoms with Gasteiger partial charge in [-0.05, 0) is 0 Å². The molecule has 0 amide bonds. The van der Waals surface area contributed by atoms with Crippen LogP contribution in [0.1, 0.15) is 10.5 Å². The van der Waals surface area contributed by atoms with E-state index in [0.29, 0.717) is 20.2 Å². The van der Waals surface area contributed by atoms with Gasteiger partial charge in [-0.3, -0.25) is 0 Å². The van der Waals surface area contributed by atoms with Gasteiger partial charge in [-0.2, -0.15) is 0 Å². The van der Waals surface area contributed by atoms with E-state index in [1.807, 2.05) is 12.1 Å². The molecule has 0 aliphatic rings. The van der Waals surface area contributed by atoms with Crippen molar-refractivity contribution in [3.63, 3.8) is 0 Å². The molecule has 2 aromatic heterocycles. The molecule has 0 unspecified atom stereocenters. The van der Waals surface area contributed by atoms with E-state index < -0.39 is 5.24 Å². The Morgan fingerprint density at radius 2 is 1.91 bits per heavy atom. The molecule has 23 heavy (non-hydrogen) atoms. The second kappa shape index (κ2) is 7.04. The number of benzene rings is 1. The molecule has 0 saturated carbocycles. The fourth-order valence-corrected chi connectivity index (χ4v) is 6.33. The molecule has 0 saturated heterocycles. The molecule has 118 valence electrons. The predicted molar refractivity (Wildman–Crippen MR) is 102 cm³/mol. The second-order valence-electron chi connectivity index (χ2n) is 4.40. The van der Waals surface area contributed by atoms with E-state index in [1.54, 1.807) is 22.9 Å². The van der Waals surface area contributed by atoms with E-state index in [0.717, 1.165) is 13.5 Å². The molecule has 0 spiro atoms. The van der Waals surface area contributed by atoms with Gasteiger partial charge in [0.1, 0.15) is 0 Å². The van der Waals surface area contributed by atoms with Crippen molar-refractivity contribution in [1.82, 2.24) is 9.78 Å². The van der Waals surface area contributed by atoms with E-state index in [-0.39, 0.29) is 20.2 Å². The molecule has 3 nitrogen and oxygen atoms in total. The molecule has 0 radical (unpaired) electrons. The van der Waals surface area contributed by atoms with Crippen molar-refractivity contribution < 1.29 is 4.79 Å². The van der Waals surface area contributed by atoms with Crippen LogP contribution >= 0.6 is 66.7 Å². The molecule has 0 aliphatic carbocycles. The standard InChI is InChI=1S/C14H5Br2Cl3N2OSe/c15-10-4-3-9(23-10)13-11(16)12(14(19)22)20-21(13)8-2-1-6(17)5-7(8)18/h1-5H. The van der Waals surface area contributed by atoms with Crippen LogP contribution in [0, 0.1) is 0 Å². The van der Waals surface area contributed by atoms with Crippen molar-refractivity contribution in [3.05, 3.63) is 53.9 Å². The van der Waals surface area contributed by atoms with Gasteiger partial charge < -0.3 is 0 Å². The van der Waals surface area contributed by atoms with Gasteiger partial charge in [0, 0.05) is 0 Å². The molecular weight excluding hydrogens is 557 g/mol. The first kappa shape index (κ1) is 17.7. The number of rotatable bonds is 3. The van der Waals surface area contributed by atoms with Crippen LogP contribution in [0.15, 0.2) is 38.2 Å². The molecule has 0 N–H and O–H groups in total. The first-order chi connectivity index (χ1) is 10.9. The van der Waals surface area contributed by atoms with Gasteiger partial charge in [-0.25, -0.2) is 0 Å². The fourth-order valence-electron chi connectivity index (χ4n) is 2.01. The number of carbonyl (C=O) groups is 1. The number of halogens is 5. The third-order valence-corrected chi connectivity index (χ3v) is 7.38. The SMILES string of the molecule is O=C(Cl)c1nn(-c2ccc(Cl)cc2Cl)c(-c2ccc(Br)[se]2)c1Br. The normalized spacial score (nSPS) is 11.0. The monoisotopic (exact) mass is 560 g/mol. The number of carbonyl (C=O) groups excluding carboxylic acids is 1. The van der Waals surface area contributed by atoms with Gasteiger partial charge >= 0.3 is 171 Å². The van der Waals surface area contributed by atoms with Crippen LogP contribution in [0.4, 0.5) is 0 Å². The fraction of sp³-hybridized carbons (Fsp3) is 0. The molecule has 0 bridgehead atoms. The summed E-state index contributed by atoms with van der Waals surface area (Å²) >= 11 is 24.9. The summed E-state index contributed by atoms with van der Waals surface area (Å²) in [5, 5.41) is 4.65. The summed E-state index contributed by atoms with van der Waals surface area (Å²) in [6.07, 6.45) is 0. The average Bonchev–Trinajstić information content (AvgIpc) is 3.02. The quantitative estimate of drug-likeness (QED) is 0.299. The topological polar surface area (TPSA) is 34.9 Å². The molecule has 2 heterocycles. The molecule has 3 rings (SSSR count). The molecular formula is C14H5Br2Cl3N2OSe. The van der Waals surface area contributed by atoms with Gasteiger partial charge in [0.05, 0.1) is 0 Å². The van der Waals surface area contributed by atoms with Gasteiger partial charge in [0.2, 0.25) is 0 Å². The van der Waals surface area contributed by atoms with Crippen molar-refractivity contribution in [1.29, 1.82) is 0 Å². The van der Waals surface area contributed by atoms with E-state index in [1.165, 1.54) is 0 Å². The van der Waals surface area contributed by atoms with Crippen LogP contribution in [0.2, 0.25) is 10.0 Å². The Morgan fingerprint density at radius 3 is 2.48 bits per heavy atom. The third kappa shape index (κ3) is 3.49. The second-order valence-corrected chi connectivity index (χ2v) is 10.7. The van der Waals surface area contributed by atoms with E-state index in [4.69, 9.17) is 34.8 Å². The minimum absolute atomic E-state index is 0.0752. The van der Waals surface area contributed by atoms with E-state index >= 15 is 0 Å². The van der Waals surface area contributed by atoms with E-state index in [2.05, 4.69) is 37.0 Å². The van der Waals surface area contributed by atoms with Crippen molar-refractivity contribution in [2.45, 2.75) is 0 Å². The van der Waals surface area contributed by atoms with Crippen LogP contribution in [-0.2, 0) is 0 Å². The third-order valence-electron chi connectivity index (χ3n) is 2.96. The summed E-state index contributed by atoms with van der Waals surface area (Å²) in [6, 6.07) is 9.05. The number of nitrogens with zero attached hydrogens (tertiary/aromatic N) is 2. The van der Waals surface area contributed by atoms with Crippen LogP contribution in [0.3, 0.4) is 0 Å². The number of hydrogen-bond donors (Lipinski definition) is 0. The summed E-state index contributed by atoms with van der Waals surface area (Å²) in [6.45, 7) is 0. The maximum absolute atomic E-state index is 11.7. The average molecular weight is 562 g/mol. The molecule has 0 aliphatic heterocycles. The Hall–Kier alpha value is -0.0705. The zero-order chi connectivity index (χ0) is 16.7. The van der Waals surface area contributed by atoms with Crippen LogP contribution in [0.5, 0.6) is 0 Å². The molecule has 0 atom stereocenters. The molecule has 0 fully saturated rings. The van der Waals surface area contributed by atoms with Crippen molar-refractivity contribution in [3.8, 4) is 15.8 Å². The molecule has 1 aromatic carbocycles. The maximum atomic E-state index is 11.7. The van der Waals surface area contributed by atoms with Crippen molar-refractivity contribution >= 4 is 86.4 Å². The summed E-state index contributed by atoms with van der Waals surface area (Å²) in [5.74, 6) is 0. The summed E-state index contributed by atoms with van der Waals surface area (Å²) < 4.78 is 4.30. The number of hydrogen-bond acceptors (Lipinski definition) is 2. The summed E-state index contributed by atoms with van der Waals surface area (Å²) in [7, 11) is 0. The predicted octanol–water partition coefficient (Wildman–Crippen LogP) is 5.81. The van der Waals surface area contributed by atoms with E-state index in [9.17, 15) is 4.79 Å². The van der Waals surface area contributed by atoms with Crippen molar-refractivity contribution in [2.24, 2.45) is 0 Å². The first-order valence-corrected chi connectivity index (χ1v) is 10.5. The number of aromatic nitrogens is 2. The first-order valence-electron chi connectivity index (χ1n) is 6.08. The Morgan fingerprint density at radius 1 is 1.17 bits per heavy atom. The molecule has 3 aromatic rings. The minimum atomic E-state index is -0.639. The Labute approximate surface area is 169 Å². The van der Waals surface area contributed by atoms with Crippen LogP contribution in [0.25, 0.3) is 15.8 Å². The van der Waals surface area contributed by atoms with Crippen LogP contribution < -0.4 is 0 Å². The Kier molecular flexibility index (Phi) is 5.43. The molecule has 9 heteroatoms. The summed E-state index contributed by atoms with van der Waals surface area (Å²) in [4.78, 5) is 11.7. The zero-order valence-corrected chi connectivity index (χ0v) is 18.1.